The summed E-state index contributed by atoms with van der Waals surface area (Å²) in [4.78, 5) is 0. The summed E-state index contributed by atoms with van der Waals surface area (Å²) in [6, 6.07) is 0. The monoisotopic (exact) mass is 242 g/mol. The van der Waals surface area contributed by atoms with Crippen molar-refractivity contribution in [3.63, 3.8) is 0 Å². The Balaban J connectivity index is 1.66. The molecule has 4 atom stereocenters. The molecule has 1 N–H and O–H groups in total. The summed E-state index contributed by atoms with van der Waals surface area (Å²) >= 11 is 0. The molecule has 0 aromatic carbocycles. The number of hydrogen-bond acceptors (Lipinski definition) is 6. The molecule has 0 unspecified atom stereocenters. The Morgan fingerprint density at radius 1 is 0.882 bits per heavy atom. The molecule has 6 aliphatic rings. The van der Waals surface area contributed by atoms with E-state index in [1.165, 1.54) is 0 Å². The first kappa shape index (κ1) is 9.66. The van der Waals surface area contributed by atoms with E-state index >= 15 is 0 Å². The number of aliphatic hydroxyl groups is 1. The van der Waals surface area contributed by atoms with Crippen LogP contribution in [0.3, 0.4) is 0 Å². The molecule has 2 spiro atoms. The second kappa shape index (κ2) is 2.68. The van der Waals surface area contributed by atoms with Gasteiger partial charge in [0.1, 0.15) is 35.6 Å². The Labute approximate surface area is 97.7 Å². The van der Waals surface area contributed by atoms with Crippen LogP contribution in [0, 0.1) is 0 Å². The lowest BCUT2D eigenvalue weighted by Crippen LogP contribution is -2.89. The average Bonchev–Trinajstić information content (AvgIpc) is 2.20. The minimum atomic E-state index is -0.688. The van der Waals surface area contributed by atoms with Gasteiger partial charge in [0, 0.05) is 12.8 Å². The van der Waals surface area contributed by atoms with Crippen LogP contribution in [0.15, 0.2) is 0 Å². The van der Waals surface area contributed by atoms with E-state index in [-0.39, 0.29) is 18.3 Å². The van der Waals surface area contributed by atoms with Gasteiger partial charge in [-0.3, -0.25) is 0 Å². The van der Waals surface area contributed by atoms with Crippen molar-refractivity contribution in [2.45, 2.75) is 54.9 Å². The molecule has 5 aliphatic heterocycles. The van der Waals surface area contributed by atoms with E-state index in [1.54, 1.807) is 0 Å². The van der Waals surface area contributed by atoms with Crippen molar-refractivity contribution < 1.29 is 28.8 Å². The van der Waals surface area contributed by atoms with Crippen LogP contribution in [-0.4, -0.2) is 60.4 Å². The molecule has 6 fully saturated rings. The molecular weight excluding hydrogens is 228 g/mol. The van der Waals surface area contributed by atoms with E-state index in [0.29, 0.717) is 13.2 Å². The second-order valence-electron chi connectivity index (χ2n) is 5.52. The number of rotatable bonds is 0. The van der Waals surface area contributed by atoms with Gasteiger partial charge in [0.25, 0.3) is 6.48 Å². The lowest BCUT2D eigenvalue weighted by Gasteiger charge is -2.71. The lowest BCUT2D eigenvalue weighted by molar-refractivity contribution is -0.546. The Morgan fingerprint density at radius 3 is 1.82 bits per heavy atom. The van der Waals surface area contributed by atoms with E-state index < -0.39 is 23.8 Å². The van der Waals surface area contributed by atoms with Gasteiger partial charge in [-0.05, 0) is 0 Å². The highest BCUT2D eigenvalue weighted by Crippen LogP contribution is 2.59. The SMILES string of the molecule is OC1[C@H]2OC3OC([C@@]24CCO4)[C@@]2(CCO2)[C@@H]1O3. The molecule has 0 amide bonds. The zero-order valence-electron chi connectivity index (χ0n) is 9.20. The van der Waals surface area contributed by atoms with Crippen molar-refractivity contribution in [2.24, 2.45) is 0 Å². The minimum Gasteiger partial charge on any atom is -0.387 e. The van der Waals surface area contributed by atoms with E-state index in [1.807, 2.05) is 0 Å². The summed E-state index contributed by atoms with van der Waals surface area (Å²) < 4.78 is 28.4. The summed E-state index contributed by atoms with van der Waals surface area (Å²) in [5.74, 6) is 0. The molecule has 5 heterocycles. The van der Waals surface area contributed by atoms with Crippen LogP contribution in [0.1, 0.15) is 12.8 Å². The molecule has 4 bridgehead atoms. The van der Waals surface area contributed by atoms with Gasteiger partial charge in [-0.25, -0.2) is 0 Å². The fourth-order valence-electron chi connectivity index (χ4n) is 4.06. The maximum absolute atomic E-state index is 10.4. The van der Waals surface area contributed by atoms with E-state index in [2.05, 4.69) is 0 Å². The molecule has 5 saturated heterocycles. The third-order valence-electron chi connectivity index (χ3n) is 4.96. The van der Waals surface area contributed by atoms with E-state index in [0.717, 1.165) is 12.8 Å². The highest BCUT2D eigenvalue weighted by molar-refractivity contribution is 5.24. The number of hydrogen-bond donors (Lipinski definition) is 1. The third kappa shape index (κ3) is 0.836. The van der Waals surface area contributed by atoms with Gasteiger partial charge >= 0.3 is 0 Å². The lowest BCUT2D eigenvalue weighted by atomic mass is 9.60. The van der Waals surface area contributed by atoms with Gasteiger partial charge in [-0.2, -0.15) is 0 Å². The first-order chi connectivity index (χ1) is 8.26. The number of ether oxygens (including phenoxy) is 5. The van der Waals surface area contributed by atoms with Crippen molar-refractivity contribution in [1.82, 2.24) is 0 Å². The van der Waals surface area contributed by atoms with Gasteiger partial charge < -0.3 is 28.8 Å². The highest BCUT2D eigenvalue weighted by atomic mass is 16.9. The van der Waals surface area contributed by atoms with Gasteiger partial charge in [0.05, 0.1) is 13.2 Å². The average molecular weight is 242 g/mol. The van der Waals surface area contributed by atoms with Crippen LogP contribution in [0.5, 0.6) is 0 Å². The van der Waals surface area contributed by atoms with Crippen LogP contribution in [0.2, 0.25) is 0 Å². The predicted molar refractivity (Wildman–Crippen MR) is 51.0 cm³/mol. The first-order valence-electron chi connectivity index (χ1n) is 6.19. The summed E-state index contributed by atoms with van der Waals surface area (Å²) in [7, 11) is 0. The first-order valence-corrected chi connectivity index (χ1v) is 6.19. The normalized spacial score (nSPS) is 67.2. The van der Waals surface area contributed by atoms with Gasteiger partial charge in [-0.1, -0.05) is 0 Å². The molecule has 94 valence electrons. The van der Waals surface area contributed by atoms with Crippen molar-refractivity contribution in [1.29, 1.82) is 0 Å². The Hall–Kier alpha value is -0.240. The topological polar surface area (TPSA) is 66.4 Å². The minimum absolute atomic E-state index is 0.164. The van der Waals surface area contributed by atoms with Crippen molar-refractivity contribution in [3.05, 3.63) is 0 Å². The molecule has 6 nitrogen and oxygen atoms in total. The second-order valence-corrected chi connectivity index (χ2v) is 5.52. The molecule has 6 rings (SSSR count). The summed E-state index contributed by atoms with van der Waals surface area (Å²) in [6.45, 7) is 0.722. The fourth-order valence-corrected chi connectivity index (χ4v) is 4.06. The molecule has 0 aromatic rings. The smallest absolute Gasteiger partial charge is 0.273 e. The maximum Gasteiger partial charge on any atom is 0.273 e. The number of aliphatic hydroxyl groups excluding tert-OH is 1. The van der Waals surface area contributed by atoms with Crippen LogP contribution >= 0.6 is 0 Å². The van der Waals surface area contributed by atoms with Gasteiger partial charge in [-0.15, -0.1) is 0 Å². The quantitative estimate of drug-likeness (QED) is 0.596. The fraction of sp³-hybridized carbons (Fsp3) is 1.00. The van der Waals surface area contributed by atoms with Crippen LogP contribution in [0.4, 0.5) is 0 Å². The third-order valence-corrected chi connectivity index (χ3v) is 4.96. The Kier molecular flexibility index (Phi) is 1.53. The molecule has 0 aromatic heterocycles. The van der Waals surface area contributed by atoms with Crippen LogP contribution in [0.25, 0.3) is 0 Å². The maximum atomic E-state index is 10.4. The Bertz CT molecular complexity index is 344. The molecule has 1 saturated carbocycles. The molecule has 6 heteroatoms. The molecule has 1 aliphatic carbocycles. The predicted octanol–water partition coefficient (Wildman–Crippen LogP) is -0.854. The van der Waals surface area contributed by atoms with Gasteiger partial charge in [0.2, 0.25) is 0 Å². The van der Waals surface area contributed by atoms with Crippen molar-refractivity contribution in [3.8, 4) is 0 Å². The molecule has 17 heavy (non-hydrogen) atoms. The Morgan fingerprint density at radius 2 is 1.41 bits per heavy atom. The molecule has 0 radical (unpaired) electrons. The summed E-state index contributed by atoms with van der Waals surface area (Å²) in [6.07, 6.45) is 0.172. The van der Waals surface area contributed by atoms with Crippen LogP contribution < -0.4 is 0 Å². The highest BCUT2D eigenvalue weighted by Gasteiger charge is 2.78. The standard InChI is InChI=1S/C11H14O6/c12-5-6-10(1-3-13-10)8-11(2-4-14-11)7(5)16-9(15-6)17-8/h5-9,12H,1-4H2/t5?,6-,7-,8?,9?,10-,11-/m1/s1. The zero-order chi connectivity index (χ0) is 11.3. The zero-order valence-corrected chi connectivity index (χ0v) is 9.20. The largest absolute Gasteiger partial charge is 0.387 e. The van der Waals surface area contributed by atoms with Gasteiger partial charge in [0.15, 0.2) is 0 Å². The van der Waals surface area contributed by atoms with E-state index in [9.17, 15) is 5.11 Å². The summed E-state index contributed by atoms with van der Waals surface area (Å²) in [5.41, 5.74) is -1.03. The van der Waals surface area contributed by atoms with Crippen molar-refractivity contribution >= 4 is 0 Å². The molecular formula is C11H14O6. The van der Waals surface area contributed by atoms with Crippen molar-refractivity contribution in [2.75, 3.05) is 13.2 Å². The van der Waals surface area contributed by atoms with E-state index in [4.69, 9.17) is 23.7 Å². The summed E-state index contributed by atoms with van der Waals surface area (Å²) in [5, 5.41) is 10.4. The van der Waals surface area contributed by atoms with Crippen LogP contribution in [-0.2, 0) is 23.7 Å².